The number of rotatable bonds is 5. The van der Waals surface area contributed by atoms with Crippen molar-refractivity contribution in [3.8, 4) is 11.1 Å². The number of aryl methyl sites for hydroxylation is 2. The summed E-state index contributed by atoms with van der Waals surface area (Å²) in [4.78, 5) is 11.9. The van der Waals surface area contributed by atoms with Crippen molar-refractivity contribution in [2.24, 2.45) is 7.05 Å². The van der Waals surface area contributed by atoms with Crippen LogP contribution in [-0.2, 0) is 13.6 Å². The molecule has 0 aliphatic heterocycles. The Kier molecular flexibility index (Phi) is 5.26. The topological polar surface area (TPSA) is 83.9 Å². The second-order valence-electron chi connectivity index (χ2n) is 6.61. The highest BCUT2D eigenvalue weighted by Crippen LogP contribution is 2.31. The molecule has 3 aromatic rings. The third-order valence-corrected chi connectivity index (χ3v) is 4.48. The summed E-state index contributed by atoms with van der Waals surface area (Å²) >= 11 is 0. The molecule has 3 rings (SSSR count). The predicted molar refractivity (Wildman–Crippen MR) is 108 cm³/mol. The van der Waals surface area contributed by atoms with Crippen LogP contribution < -0.4 is 16.6 Å². The molecule has 2 aromatic carbocycles. The predicted octanol–water partition coefficient (Wildman–Crippen LogP) is 3.99. The number of anilines is 2. The van der Waals surface area contributed by atoms with Crippen LogP contribution in [-0.4, -0.2) is 10.5 Å². The van der Waals surface area contributed by atoms with Gasteiger partial charge in [0.05, 0.1) is 5.56 Å². The number of nitrogens with two attached hydrogens (primary N) is 1. The van der Waals surface area contributed by atoms with Gasteiger partial charge >= 0.3 is 0 Å². The normalized spacial score (nSPS) is 10.7. The van der Waals surface area contributed by atoms with Crippen LogP contribution in [0.15, 0.2) is 53.5 Å². The van der Waals surface area contributed by atoms with Gasteiger partial charge in [-0.2, -0.15) is 4.39 Å². The van der Waals surface area contributed by atoms with E-state index in [1.165, 1.54) is 16.7 Å². The van der Waals surface area contributed by atoms with Crippen LogP contribution in [0.25, 0.3) is 11.1 Å². The number of nitrogens with zero attached hydrogens (tertiary/aromatic N) is 1. The largest absolute Gasteiger partial charge is 0.398 e. The molecule has 0 saturated carbocycles. The summed E-state index contributed by atoms with van der Waals surface area (Å²) in [6, 6.07) is 10.9. The zero-order valence-electron chi connectivity index (χ0n) is 15.5. The molecule has 144 valence electrons. The van der Waals surface area contributed by atoms with Crippen molar-refractivity contribution in [1.82, 2.24) is 4.57 Å². The standard InChI is InChI=1S/C21H20F2N4O/c1-12-7-15(11-27(2)21(12)28)14-8-17(24)19(20(23)25)18(9-14)26-10-13-3-5-16(22)6-4-13/h3-9,11,25-26H,10,24H2,1-2H3. The van der Waals surface area contributed by atoms with Gasteiger partial charge in [-0.3, -0.25) is 10.2 Å². The summed E-state index contributed by atoms with van der Waals surface area (Å²) in [5, 5.41) is 10.5. The van der Waals surface area contributed by atoms with Gasteiger partial charge in [-0.25, -0.2) is 4.39 Å². The zero-order valence-corrected chi connectivity index (χ0v) is 15.5. The first-order chi connectivity index (χ1) is 13.3. The van der Waals surface area contributed by atoms with Crippen LogP contribution in [0.3, 0.4) is 0 Å². The monoisotopic (exact) mass is 382 g/mol. The molecule has 1 aromatic heterocycles. The quantitative estimate of drug-likeness (QED) is 0.461. The SMILES string of the molecule is Cc1cc(-c2cc(N)c(C(=N)F)c(NCc3ccc(F)cc3)c2)cn(C)c1=O. The highest BCUT2D eigenvalue weighted by Gasteiger charge is 2.15. The van der Waals surface area contributed by atoms with E-state index < -0.39 is 5.97 Å². The smallest absolute Gasteiger partial charge is 0.253 e. The van der Waals surface area contributed by atoms with Gasteiger partial charge in [0.25, 0.3) is 5.56 Å². The van der Waals surface area contributed by atoms with Gasteiger partial charge in [-0.15, -0.1) is 0 Å². The molecule has 0 spiro atoms. The number of halogens is 2. The first kappa shape index (κ1) is 19.3. The van der Waals surface area contributed by atoms with Gasteiger partial charge in [0.15, 0.2) is 0 Å². The first-order valence-electron chi connectivity index (χ1n) is 8.60. The van der Waals surface area contributed by atoms with Crippen LogP contribution in [0.4, 0.5) is 20.2 Å². The summed E-state index contributed by atoms with van der Waals surface area (Å²) in [5.74, 6) is -1.49. The minimum Gasteiger partial charge on any atom is -0.398 e. The highest BCUT2D eigenvalue weighted by molar-refractivity contribution is 6.03. The molecule has 28 heavy (non-hydrogen) atoms. The maximum absolute atomic E-state index is 13.8. The van der Waals surface area contributed by atoms with Crippen LogP contribution in [0, 0.1) is 18.2 Å². The van der Waals surface area contributed by atoms with E-state index in [4.69, 9.17) is 11.1 Å². The molecule has 0 bridgehead atoms. The lowest BCUT2D eigenvalue weighted by molar-refractivity contribution is 0.627. The second-order valence-corrected chi connectivity index (χ2v) is 6.61. The Labute approximate surface area is 161 Å². The lowest BCUT2D eigenvalue weighted by atomic mass is 10.0. The van der Waals surface area contributed by atoms with E-state index in [0.717, 1.165) is 11.1 Å². The molecule has 0 aliphatic rings. The number of nitrogen functional groups attached to an aromatic ring is 1. The molecule has 5 nitrogen and oxygen atoms in total. The fourth-order valence-electron chi connectivity index (χ4n) is 3.05. The van der Waals surface area contributed by atoms with Gasteiger partial charge < -0.3 is 15.6 Å². The second kappa shape index (κ2) is 7.64. The van der Waals surface area contributed by atoms with Crippen molar-refractivity contribution in [3.63, 3.8) is 0 Å². The van der Waals surface area contributed by atoms with Crippen molar-refractivity contribution in [2.45, 2.75) is 13.5 Å². The minimum absolute atomic E-state index is 0.0348. The van der Waals surface area contributed by atoms with Gasteiger partial charge in [-0.1, -0.05) is 12.1 Å². The molecule has 0 radical (unpaired) electrons. The summed E-state index contributed by atoms with van der Waals surface area (Å²) in [6.45, 7) is 2.02. The molecule has 1 heterocycles. The number of benzene rings is 2. The number of pyridine rings is 1. The molecule has 4 N–H and O–H groups in total. The Balaban J connectivity index is 2.03. The number of hydrogen-bond acceptors (Lipinski definition) is 4. The molecular formula is C21H20F2N4O. The van der Waals surface area contributed by atoms with E-state index in [9.17, 15) is 13.6 Å². The Morgan fingerprint density at radius 2 is 1.86 bits per heavy atom. The van der Waals surface area contributed by atoms with E-state index in [1.54, 1.807) is 50.5 Å². The molecule has 0 atom stereocenters. The Morgan fingerprint density at radius 1 is 1.18 bits per heavy atom. The molecular weight excluding hydrogens is 362 g/mol. The zero-order chi connectivity index (χ0) is 20.4. The Morgan fingerprint density at radius 3 is 2.46 bits per heavy atom. The molecule has 0 fully saturated rings. The molecule has 0 aliphatic carbocycles. The van der Waals surface area contributed by atoms with E-state index in [1.807, 2.05) is 0 Å². The number of aromatic nitrogens is 1. The average Bonchev–Trinajstić information content (AvgIpc) is 2.64. The summed E-state index contributed by atoms with van der Waals surface area (Å²) in [6.07, 6.45) is 1.67. The molecule has 7 heteroatoms. The van der Waals surface area contributed by atoms with Crippen LogP contribution in [0.5, 0.6) is 0 Å². The first-order valence-corrected chi connectivity index (χ1v) is 8.60. The maximum atomic E-state index is 13.8. The van der Waals surface area contributed by atoms with E-state index >= 15 is 0 Å². The molecule has 0 unspecified atom stereocenters. The fourth-order valence-corrected chi connectivity index (χ4v) is 3.05. The van der Waals surface area contributed by atoms with E-state index in [-0.39, 0.29) is 22.6 Å². The van der Waals surface area contributed by atoms with Crippen LogP contribution in [0.1, 0.15) is 16.7 Å². The lowest BCUT2D eigenvalue weighted by Gasteiger charge is -2.16. The van der Waals surface area contributed by atoms with Crippen LogP contribution in [0.2, 0.25) is 0 Å². The minimum atomic E-state index is -1.15. The Bertz CT molecular complexity index is 1080. The Hall–Kier alpha value is -3.48. The van der Waals surface area contributed by atoms with Crippen LogP contribution >= 0.6 is 0 Å². The molecule has 0 saturated heterocycles. The van der Waals surface area contributed by atoms with Crippen molar-refractivity contribution in [1.29, 1.82) is 5.41 Å². The lowest BCUT2D eigenvalue weighted by Crippen LogP contribution is -2.18. The number of hydrogen-bond donors (Lipinski definition) is 3. The molecule has 0 amide bonds. The average molecular weight is 382 g/mol. The van der Waals surface area contributed by atoms with Crippen molar-refractivity contribution in [3.05, 3.63) is 81.5 Å². The third kappa shape index (κ3) is 3.93. The van der Waals surface area contributed by atoms with Gasteiger partial charge in [0, 0.05) is 36.7 Å². The fraction of sp³-hybridized carbons (Fsp3) is 0.143. The van der Waals surface area contributed by atoms with E-state index in [2.05, 4.69) is 5.32 Å². The van der Waals surface area contributed by atoms with Gasteiger partial charge in [-0.05, 0) is 53.9 Å². The summed E-state index contributed by atoms with van der Waals surface area (Å²) < 4.78 is 28.4. The van der Waals surface area contributed by atoms with Crippen molar-refractivity contribution < 1.29 is 8.78 Å². The maximum Gasteiger partial charge on any atom is 0.253 e. The number of nitrogens with one attached hydrogen (secondary N) is 2. The summed E-state index contributed by atoms with van der Waals surface area (Å²) in [5.41, 5.74) is 9.12. The summed E-state index contributed by atoms with van der Waals surface area (Å²) in [7, 11) is 1.65. The van der Waals surface area contributed by atoms with Crippen molar-refractivity contribution in [2.75, 3.05) is 11.1 Å². The van der Waals surface area contributed by atoms with Gasteiger partial charge in [0.2, 0.25) is 5.97 Å². The third-order valence-electron chi connectivity index (χ3n) is 4.48. The van der Waals surface area contributed by atoms with Gasteiger partial charge in [0.1, 0.15) is 5.82 Å². The van der Waals surface area contributed by atoms with Crippen molar-refractivity contribution >= 4 is 17.3 Å². The van der Waals surface area contributed by atoms with E-state index in [0.29, 0.717) is 23.4 Å². The highest BCUT2D eigenvalue weighted by atomic mass is 19.1.